The largest absolute Gasteiger partial charge is 0.481 e. The Morgan fingerprint density at radius 1 is 1.29 bits per heavy atom. The zero-order chi connectivity index (χ0) is 16.0. The molecule has 0 aliphatic carbocycles. The Bertz CT molecular complexity index is 354. The summed E-state index contributed by atoms with van der Waals surface area (Å²) >= 11 is 0. The zero-order valence-corrected chi connectivity index (χ0v) is 13.7. The topological polar surface area (TPSA) is 64.1 Å². The van der Waals surface area contributed by atoms with Gasteiger partial charge in [0, 0.05) is 39.3 Å². The molecule has 0 aromatic heterocycles. The molecule has 1 aliphatic heterocycles. The quantitative estimate of drug-likeness (QED) is 0.808. The summed E-state index contributed by atoms with van der Waals surface area (Å²) < 4.78 is 0. The number of likely N-dealkylation sites (tertiary alicyclic amines) is 1. The van der Waals surface area contributed by atoms with E-state index in [1.807, 2.05) is 14.0 Å². The Hall–Kier alpha value is -1.30. The van der Waals surface area contributed by atoms with Gasteiger partial charge in [0.2, 0.25) is 0 Å². The number of rotatable bonds is 6. The summed E-state index contributed by atoms with van der Waals surface area (Å²) in [6, 6.07) is 0.204. The van der Waals surface area contributed by atoms with E-state index in [0.29, 0.717) is 6.54 Å². The fourth-order valence-corrected chi connectivity index (χ4v) is 2.75. The number of piperidine rings is 1. The van der Waals surface area contributed by atoms with Crippen molar-refractivity contribution in [2.75, 3.05) is 39.8 Å². The van der Waals surface area contributed by atoms with Crippen LogP contribution in [0.4, 0.5) is 4.79 Å². The fourth-order valence-electron chi connectivity index (χ4n) is 2.75. The number of amides is 2. The molecule has 1 unspecified atom stereocenters. The Morgan fingerprint density at radius 3 is 2.29 bits per heavy atom. The van der Waals surface area contributed by atoms with Crippen molar-refractivity contribution in [1.82, 2.24) is 14.7 Å². The number of nitrogens with zero attached hydrogens (tertiary/aromatic N) is 3. The highest BCUT2D eigenvalue weighted by atomic mass is 16.4. The molecule has 0 spiro atoms. The first-order valence-corrected chi connectivity index (χ1v) is 7.87. The van der Waals surface area contributed by atoms with Crippen molar-refractivity contribution in [3.05, 3.63) is 0 Å². The van der Waals surface area contributed by atoms with Gasteiger partial charge in [0.15, 0.2) is 0 Å². The van der Waals surface area contributed by atoms with Gasteiger partial charge in [-0.25, -0.2) is 4.79 Å². The van der Waals surface area contributed by atoms with Crippen molar-refractivity contribution in [3.8, 4) is 0 Å². The van der Waals surface area contributed by atoms with Crippen LogP contribution >= 0.6 is 0 Å². The highest BCUT2D eigenvalue weighted by Crippen LogP contribution is 2.17. The van der Waals surface area contributed by atoms with Gasteiger partial charge in [-0.2, -0.15) is 0 Å². The summed E-state index contributed by atoms with van der Waals surface area (Å²) in [7, 11) is 1.84. The normalized spacial score (nSPS) is 18.3. The number of carboxylic acid groups (broad SMARTS) is 1. The second kappa shape index (κ2) is 8.22. The van der Waals surface area contributed by atoms with Gasteiger partial charge in [0.1, 0.15) is 0 Å². The molecule has 0 saturated carbocycles. The molecular weight excluding hydrogens is 270 g/mol. The third-order valence-electron chi connectivity index (χ3n) is 4.42. The molecule has 1 rings (SSSR count). The number of hydrogen-bond acceptors (Lipinski definition) is 3. The maximum absolute atomic E-state index is 12.5. The molecule has 0 aromatic carbocycles. The van der Waals surface area contributed by atoms with E-state index < -0.39 is 11.9 Å². The molecule has 0 radical (unpaired) electrons. The van der Waals surface area contributed by atoms with Crippen LogP contribution in [0.15, 0.2) is 0 Å². The van der Waals surface area contributed by atoms with Crippen molar-refractivity contribution in [2.45, 2.75) is 39.7 Å². The first-order valence-electron chi connectivity index (χ1n) is 7.87. The van der Waals surface area contributed by atoms with Crippen molar-refractivity contribution in [2.24, 2.45) is 5.92 Å². The van der Waals surface area contributed by atoms with E-state index >= 15 is 0 Å². The van der Waals surface area contributed by atoms with Crippen LogP contribution in [0.5, 0.6) is 0 Å². The highest BCUT2D eigenvalue weighted by Gasteiger charge is 2.28. The minimum atomic E-state index is -0.861. The Labute approximate surface area is 127 Å². The summed E-state index contributed by atoms with van der Waals surface area (Å²) in [6.45, 7) is 9.59. The minimum Gasteiger partial charge on any atom is -0.481 e. The van der Waals surface area contributed by atoms with Crippen LogP contribution in [0.3, 0.4) is 0 Å². The summed E-state index contributed by atoms with van der Waals surface area (Å²) in [6.07, 6.45) is 1.98. The van der Waals surface area contributed by atoms with Crippen LogP contribution in [0, 0.1) is 5.92 Å². The Balaban J connectivity index is 2.57. The molecule has 0 aromatic rings. The van der Waals surface area contributed by atoms with Crippen LogP contribution in [0.25, 0.3) is 0 Å². The van der Waals surface area contributed by atoms with Crippen molar-refractivity contribution >= 4 is 12.0 Å². The molecule has 1 heterocycles. The maximum atomic E-state index is 12.5. The van der Waals surface area contributed by atoms with Crippen molar-refractivity contribution in [3.63, 3.8) is 0 Å². The molecule has 6 heteroatoms. The van der Waals surface area contributed by atoms with E-state index in [9.17, 15) is 9.59 Å². The SMILES string of the molecule is CCN1CCC(N(C)C(=O)N(CC)CC(C)C(=O)O)CC1. The average Bonchev–Trinajstić information content (AvgIpc) is 2.50. The van der Waals surface area contributed by atoms with Crippen LogP contribution in [0.2, 0.25) is 0 Å². The number of carbonyl (C=O) groups is 2. The van der Waals surface area contributed by atoms with Gasteiger partial charge in [-0.05, 0) is 26.3 Å². The van der Waals surface area contributed by atoms with E-state index in [-0.39, 0.29) is 18.6 Å². The smallest absolute Gasteiger partial charge is 0.320 e. The lowest BCUT2D eigenvalue weighted by Crippen LogP contribution is -2.51. The molecule has 122 valence electrons. The molecule has 0 bridgehead atoms. The summed E-state index contributed by atoms with van der Waals surface area (Å²) in [5.74, 6) is -1.40. The minimum absolute atomic E-state index is 0.0550. The number of carbonyl (C=O) groups excluding carboxylic acids is 1. The van der Waals surface area contributed by atoms with E-state index in [4.69, 9.17) is 5.11 Å². The van der Waals surface area contributed by atoms with E-state index in [0.717, 1.165) is 32.5 Å². The second-order valence-corrected chi connectivity index (χ2v) is 5.84. The lowest BCUT2D eigenvalue weighted by Gasteiger charge is -2.38. The molecule has 1 fully saturated rings. The van der Waals surface area contributed by atoms with Crippen molar-refractivity contribution in [1.29, 1.82) is 0 Å². The van der Waals surface area contributed by atoms with Gasteiger partial charge < -0.3 is 19.8 Å². The predicted molar refractivity (Wildman–Crippen MR) is 82.3 cm³/mol. The second-order valence-electron chi connectivity index (χ2n) is 5.84. The molecule has 6 nitrogen and oxygen atoms in total. The van der Waals surface area contributed by atoms with Crippen LogP contribution in [0.1, 0.15) is 33.6 Å². The van der Waals surface area contributed by atoms with Gasteiger partial charge >= 0.3 is 12.0 Å². The number of aliphatic carboxylic acids is 1. The number of hydrogen-bond donors (Lipinski definition) is 1. The average molecular weight is 299 g/mol. The van der Waals surface area contributed by atoms with Gasteiger partial charge in [-0.1, -0.05) is 13.8 Å². The summed E-state index contributed by atoms with van der Waals surface area (Å²) in [5, 5.41) is 8.99. The monoisotopic (exact) mass is 299 g/mol. The maximum Gasteiger partial charge on any atom is 0.320 e. The number of carboxylic acids is 1. The van der Waals surface area contributed by atoms with Gasteiger partial charge in [0.25, 0.3) is 0 Å². The van der Waals surface area contributed by atoms with E-state index in [1.54, 1.807) is 16.7 Å². The van der Waals surface area contributed by atoms with Crippen LogP contribution < -0.4 is 0 Å². The Kier molecular flexibility index (Phi) is 6.95. The standard InChI is InChI=1S/C15H29N3O3/c1-5-17-9-7-13(8-10-17)16(4)15(21)18(6-2)11-12(3)14(19)20/h12-13H,5-11H2,1-4H3,(H,19,20). The van der Waals surface area contributed by atoms with Gasteiger partial charge in [-0.15, -0.1) is 0 Å². The highest BCUT2D eigenvalue weighted by molar-refractivity contribution is 5.76. The molecule has 1 saturated heterocycles. The van der Waals surface area contributed by atoms with Gasteiger partial charge in [0.05, 0.1) is 5.92 Å². The molecule has 21 heavy (non-hydrogen) atoms. The summed E-state index contributed by atoms with van der Waals surface area (Å²) in [5.41, 5.74) is 0. The third kappa shape index (κ3) is 4.88. The molecule has 1 N–H and O–H groups in total. The van der Waals surface area contributed by atoms with Crippen LogP contribution in [-0.4, -0.2) is 77.6 Å². The molecular formula is C15H29N3O3. The van der Waals surface area contributed by atoms with Crippen LogP contribution in [-0.2, 0) is 4.79 Å². The molecule has 2 amide bonds. The molecule has 1 atom stereocenters. The molecule has 1 aliphatic rings. The number of urea groups is 1. The first kappa shape index (κ1) is 17.8. The lowest BCUT2D eigenvalue weighted by molar-refractivity contribution is -0.141. The zero-order valence-electron chi connectivity index (χ0n) is 13.7. The Morgan fingerprint density at radius 2 is 1.86 bits per heavy atom. The van der Waals surface area contributed by atoms with E-state index in [1.165, 1.54) is 0 Å². The van der Waals surface area contributed by atoms with E-state index in [2.05, 4.69) is 11.8 Å². The lowest BCUT2D eigenvalue weighted by atomic mass is 10.0. The summed E-state index contributed by atoms with van der Waals surface area (Å²) in [4.78, 5) is 29.3. The predicted octanol–water partition coefficient (Wildman–Crippen LogP) is 1.57. The fraction of sp³-hybridized carbons (Fsp3) is 0.867. The van der Waals surface area contributed by atoms with Gasteiger partial charge in [-0.3, -0.25) is 4.79 Å². The van der Waals surface area contributed by atoms with Crippen molar-refractivity contribution < 1.29 is 14.7 Å². The first-order chi connectivity index (χ1) is 9.90. The third-order valence-corrected chi connectivity index (χ3v) is 4.42.